The van der Waals surface area contributed by atoms with Crippen molar-refractivity contribution in [2.24, 2.45) is 11.7 Å². The molecule has 68 valence electrons. The van der Waals surface area contributed by atoms with Crippen molar-refractivity contribution in [3.63, 3.8) is 0 Å². The summed E-state index contributed by atoms with van der Waals surface area (Å²) in [5, 5.41) is 0. The van der Waals surface area contributed by atoms with Crippen LogP contribution in [0.15, 0.2) is 0 Å². The van der Waals surface area contributed by atoms with Crippen LogP contribution in [0.25, 0.3) is 0 Å². The van der Waals surface area contributed by atoms with Gasteiger partial charge in [-0.15, -0.1) is 5.92 Å². The van der Waals surface area contributed by atoms with Crippen molar-refractivity contribution in [2.75, 3.05) is 6.54 Å². The van der Waals surface area contributed by atoms with Crippen molar-refractivity contribution < 1.29 is 4.79 Å². The molecule has 0 heterocycles. The summed E-state index contributed by atoms with van der Waals surface area (Å²) in [6, 6.07) is 0. The second kappa shape index (κ2) is 6.87. The lowest BCUT2D eigenvalue weighted by atomic mass is 9.98. The molecule has 0 aliphatic heterocycles. The Morgan fingerprint density at radius 1 is 1.58 bits per heavy atom. The van der Waals surface area contributed by atoms with E-state index in [1.54, 1.807) is 6.92 Å². The summed E-state index contributed by atoms with van der Waals surface area (Å²) >= 11 is 0. The second-order valence-corrected chi connectivity index (χ2v) is 2.90. The molecule has 0 aromatic carbocycles. The summed E-state index contributed by atoms with van der Waals surface area (Å²) in [5.74, 6) is 5.84. The summed E-state index contributed by atoms with van der Waals surface area (Å²) in [6.45, 7) is 4.35. The van der Waals surface area contributed by atoms with Crippen LogP contribution in [0.5, 0.6) is 0 Å². The van der Waals surface area contributed by atoms with Gasteiger partial charge in [0, 0.05) is 5.92 Å². The molecule has 12 heavy (non-hydrogen) atoms. The van der Waals surface area contributed by atoms with Crippen LogP contribution in [0.2, 0.25) is 0 Å². The molecule has 0 aliphatic rings. The van der Waals surface area contributed by atoms with Gasteiger partial charge in [0.1, 0.15) is 5.78 Å². The molecular formula is C10H17NO. The van der Waals surface area contributed by atoms with E-state index in [2.05, 4.69) is 11.8 Å². The first kappa shape index (κ1) is 11.2. The molecule has 0 aliphatic carbocycles. The largest absolute Gasteiger partial charge is 0.330 e. The highest BCUT2D eigenvalue weighted by Gasteiger charge is 2.09. The predicted octanol–water partition coefficient (Wildman–Crippen LogP) is 1.34. The SMILES string of the molecule is CC#CCC(=O)C(C)CCCN. The van der Waals surface area contributed by atoms with E-state index in [0.717, 1.165) is 12.8 Å². The lowest BCUT2D eigenvalue weighted by molar-refractivity contribution is -0.121. The molecule has 0 rings (SSSR count). The number of hydrogen-bond acceptors (Lipinski definition) is 2. The maximum atomic E-state index is 11.3. The molecule has 1 unspecified atom stereocenters. The molecule has 0 aromatic rings. The Kier molecular flexibility index (Phi) is 6.41. The van der Waals surface area contributed by atoms with E-state index in [9.17, 15) is 4.79 Å². The monoisotopic (exact) mass is 167 g/mol. The Bertz CT molecular complexity index is 188. The normalized spacial score (nSPS) is 11.6. The summed E-state index contributed by atoms with van der Waals surface area (Å²) in [6.07, 6.45) is 2.20. The molecule has 2 N–H and O–H groups in total. The highest BCUT2D eigenvalue weighted by Crippen LogP contribution is 2.07. The topological polar surface area (TPSA) is 43.1 Å². The average molecular weight is 167 g/mol. The zero-order chi connectivity index (χ0) is 9.40. The van der Waals surface area contributed by atoms with Gasteiger partial charge < -0.3 is 5.73 Å². The minimum atomic E-state index is 0.120. The van der Waals surface area contributed by atoms with E-state index in [-0.39, 0.29) is 11.7 Å². The Morgan fingerprint density at radius 3 is 2.75 bits per heavy atom. The van der Waals surface area contributed by atoms with Crippen molar-refractivity contribution >= 4 is 5.78 Å². The lowest BCUT2D eigenvalue weighted by Gasteiger charge is -2.06. The van der Waals surface area contributed by atoms with Gasteiger partial charge in [-0.2, -0.15) is 0 Å². The maximum absolute atomic E-state index is 11.3. The minimum absolute atomic E-state index is 0.120. The van der Waals surface area contributed by atoms with Gasteiger partial charge in [0.15, 0.2) is 0 Å². The van der Waals surface area contributed by atoms with Gasteiger partial charge in [-0.05, 0) is 26.3 Å². The van der Waals surface area contributed by atoms with Crippen molar-refractivity contribution in [1.29, 1.82) is 0 Å². The fraction of sp³-hybridized carbons (Fsp3) is 0.700. The quantitative estimate of drug-likeness (QED) is 0.628. The number of rotatable bonds is 5. The van der Waals surface area contributed by atoms with E-state index in [1.807, 2.05) is 6.92 Å². The van der Waals surface area contributed by atoms with E-state index in [1.165, 1.54) is 0 Å². The van der Waals surface area contributed by atoms with Crippen molar-refractivity contribution in [3.05, 3.63) is 0 Å². The zero-order valence-electron chi connectivity index (χ0n) is 7.89. The van der Waals surface area contributed by atoms with E-state index >= 15 is 0 Å². The fourth-order valence-corrected chi connectivity index (χ4v) is 0.935. The number of ketones is 1. The first-order valence-corrected chi connectivity index (χ1v) is 4.34. The van der Waals surface area contributed by atoms with E-state index in [4.69, 9.17) is 5.73 Å². The third kappa shape index (κ3) is 4.92. The average Bonchev–Trinajstić information content (AvgIpc) is 2.10. The van der Waals surface area contributed by atoms with Gasteiger partial charge >= 0.3 is 0 Å². The highest BCUT2D eigenvalue weighted by molar-refractivity contribution is 5.82. The highest BCUT2D eigenvalue weighted by atomic mass is 16.1. The fourth-order valence-electron chi connectivity index (χ4n) is 0.935. The molecule has 0 saturated carbocycles. The Balaban J connectivity index is 3.66. The first-order valence-electron chi connectivity index (χ1n) is 4.34. The van der Waals surface area contributed by atoms with Crippen molar-refractivity contribution in [2.45, 2.75) is 33.1 Å². The van der Waals surface area contributed by atoms with Crippen molar-refractivity contribution in [1.82, 2.24) is 0 Å². The Hall–Kier alpha value is -0.810. The van der Waals surface area contributed by atoms with Crippen LogP contribution in [0, 0.1) is 17.8 Å². The van der Waals surface area contributed by atoms with E-state index < -0.39 is 0 Å². The number of carbonyl (C=O) groups excluding carboxylic acids is 1. The molecule has 0 aromatic heterocycles. The van der Waals surface area contributed by atoms with Gasteiger partial charge in [-0.1, -0.05) is 12.8 Å². The maximum Gasteiger partial charge on any atom is 0.147 e. The molecule has 0 spiro atoms. The third-order valence-electron chi connectivity index (χ3n) is 1.83. The third-order valence-corrected chi connectivity index (χ3v) is 1.83. The lowest BCUT2D eigenvalue weighted by Crippen LogP contribution is -2.11. The molecule has 0 saturated heterocycles. The number of carbonyl (C=O) groups is 1. The summed E-state index contributed by atoms with van der Waals surface area (Å²) in [4.78, 5) is 11.3. The molecule has 0 bridgehead atoms. The summed E-state index contributed by atoms with van der Waals surface area (Å²) in [7, 11) is 0. The molecule has 2 nitrogen and oxygen atoms in total. The van der Waals surface area contributed by atoms with E-state index in [0.29, 0.717) is 13.0 Å². The molecule has 1 atom stereocenters. The smallest absolute Gasteiger partial charge is 0.147 e. The molecule has 0 amide bonds. The van der Waals surface area contributed by atoms with Gasteiger partial charge in [0.25, 0.3) is 0 Å². The van der Waals surface area contributed by atoms with Crippen LogP contribution in [0.4, 0.5) is 0 Å². The standard InChI is InChI=1S/C10H17NO/c1-3-4-7-10(12)9(2)6-5-8-11/h9H,5-8,11H2,1-2H3. The summed E-state index contributed by atoms with van der Waals surface area (Å²) < 4.78 is 0. The second-order valence-electron chi connectivity index (χ2n) is 2.90. The Labute approximate surface area is 74.5 Å². The van der Waals surface area contributed by atoms with Crippen LogP contribution >= 0.6 is 0 Å². The zero-order valence-corrected chi connectivity index (χ0v) is 7.89. The number of hydrogen-bond donors (Lipinski definition) is 1. The molecule has 2 heteroatoms. The molecule has 0 fully saturated rings. The minimum Gasteiger partial charge on any atom is -0.330 e. The van der Waals surface area contributed by atoms with Crippen LogP contribution in [0.1, 0.15) is 33.1 Å². The Morgan fingerprint density at radius 2 is 2.25 bits per heavy atom. The van der Waals surface area contributed by atoms with Gasteiger partial charge in [0.2, 0.25) is 0 Å². The molecular weight excluding hydrogens is 150 g/mol. The predicted molar refractivity (Wildman–Crippen MR) is 50.5 cm³/mol. The van der Waals surface area contributed by atoms with Gasteiger partial charge in [-0.3, -0.25) is 4.79 Å². The van der Waals surface area contributed by atoms with Gasteiger partial charge in [0.05, 0.1) is 6.42 Å². The van der Waals surface area contributed by atoms with Crippen LogP contribution in [-0.2, 0) is 4.79 Å². The molecule has 0 radical (unpaired) electrons. The van der Waals surface area contributed by atoms with Crippen LogP contribution < -0.4 is 5.73 Å². The van der Waals surface area contributed by atoms with Crippen molar-refractivity contribution in [3.8, 4) is 11.8 Å². The van der Waals surface area contributed by atoms with Crippen LogP contribution in [0.3, 0.4) is 0 Å². The summed E-state index contributed by atoms with van der Waals surface area (Å²) in [5.41, 5.74) is 5.34. The number of Topliss-reactive ketones (excluding diaryl/α,β-unsaturated/α-hetero) is 1. The first-order chi connectivity index (χ1) is 5.72. The van der Waals surface area contributed by atoms with Crippen LogP contribution in [-0.4, -0.2) is 12.3 Å². The van der Waals surface area contributed by atoms with Gasteiger partial charge in [-0.25, -0.2) is 0 Å². The number of nitrogens with two attached hydrogens (primary N) is 1.